The number of nitrogens with one attached hydrogen (secondary N) is 1. The average Bonchev–Trinajstić information content (AvgIpc) is 3.35. The number of carboxylic acids is 1. The monoisotopic (exact) mass is 591 g/mol. The first kappa shape index (κ1) is 29.9. The van der Waals surface area contributed by atoms with Gasteiger partial charge in [-0.25, -0.2) is 14.6 Å². The molecule has 0 spiro atoms. The lowest BCUT2D eigenvalue weighted by atomic mass is 9.85. The van der Waals surface area contributed by atoms with E-state index < -0.39 is 53.5 Å². The molecule has 0 saturated carbocycles. The number of fused-ring (bicyclic) bond motifs is 5. The van der Waals surface area contributed by atoms with Crippen molar-refractivity contribution in [2.75, 3.05) is 6.54 Å². The first-order valence-corrected chi connectivity index (χ1v) is 14.1. The molecule has 2 aromatic heterocycles. The van der Waals surface area contributed by atoms with Gasteiger partial charge in [-0.15, -0.1) is 0 Å². The number of ether oxygens (including phenoxy) is 2. The van der Waals surface area contributed by atoms with Gasteiger partial charge in [0.05, 0.1) is 35.1 Å². The molecule has 0 fully saturated rings. The molecule has 1 amide bonds. The molecule has 0 unspecified atom stereocenters. The van der Waals surface area contributed by atoms with Gasteiger partial charge in [0.15, 0.2) is 0 Å². The number of cyclic esters (lactones) is 1. The average molecular weight is 592 g/mol. The second-order valence-corrected chi connectivity index (χ2v) is 10.7. The summed E-state index contributed by atoms with van der Waals surface area (Å²) >= 11 is 0. The predicted molar refractivity (Wildman–Crippen MR) is 153 cm³/mol. The predicted octanol–water partition coefficient (Wildman–Crippen LogP) is 1.05. The summed E-state index contributed by atoms with van der Waals surface area (Å²) in [6.45, 7) is 1.87. The summed E-state index contributed by atoms with van der Waals surface area (Å²) in [6, 6.07) is 8.72. The molecule has 2 aliphatic heterocycles. The molecular weight excluding hydrogens is 558 g/mol. The number of nitrogens with zero attached hydrogens (tertiary/aromatic N) is 2. The topological polar surface area (TPSA) is 206 Å². The molecule has 6 N–H and O–H groups in total. The van der Waals surface area contributed by atoms with E-state index in [9.17, 15) is 29.1 Å². The molecule has 1 aromatic carbocycles. The number of hydrogen-bond donors (Lipinski definition) is 4. The maximum absolute atomic E-state index is 13.7. The number of rotatable bonds is 11. The van der Waals surface area contributed by atoms with Gasteiger partial charge in [0.2, 0.25) is 11.5 Å². The minimum atomic E-state index is -2.02. The van der Waals surface area contributed by atoms with Crippen LogP contribution < -0.4 is 22.3 Å². The highest BCUT2D eigenvalue weighted by Gasteiger charge is 2.51. The summed E-state index contributed by atoms with van der Waals surface area (Å²) in [4.78, 5) is 69.5. The van der Waals surface area contributed by atoms with Gasteiger partial charge >= 0.3 is 17.9 Å². The number of amides is 1. The second-order valence-electron chi connectivity index (χ2n) is 10.7. The number of carbonyl (C=O) groups excluding carboxylic acids is 3. The lowest BCUT2D eigenvalue weighted by molar-refractivity contribution is -0.191. The molecule has 2 aliphatic rings. The quantitative estimate of drug-likeness (QED) is 0.181. The Bertz CT molecular complexity index is 1680. The van der Waals surface area contributed by atoms with E-state index in [1.54, 1.807) is 17.6 Å². The van der Waals surface area contributed by atoms with Gasteiger partial charge in [-0.05, 0) is 50.4 Å². The zero-order valence-electron chi connectivity index (χ0n) is 23.6. The smallest absolute Gasteiger partial charge is 0.355 e. The summed E-state index contributed by atoms with van der Waals surface area (Å²) in [7, 11) is 0. The van der Waals surface area contributed by atoms with Crippen molar-refractivity contribution in [1.29, 1.82) is 0 Å². The Morgan fingerprint density at radius 1 is 1.21 bits per heavy atom. The maximum Gasteiger partial charge on any atom is 0.355 e. The highest BCUT2D eigenvalue weighted by molar-refractivity contribution is 5.91. The lowest BCUT2D eigenvalue weighted by Gasteiger charge is -2.36. The van der Waals surface area contributed by atoms with Crippen molar-refractivity contribution < 1.29 is 33.8 Å². The fourth-order valence-corrected chi connectivity index (χ4v) is 5.59. The van der Waals surface area contributed by atoms with E-state index in [4.69, 9.17) is 25.9 Å². The van der Waals surface area contributed by atoms with Crippen LogP contribution in [0.1, 0.15) is 55.7 Å². The molecular formula is C30H33N5O8. The normalized spacial score (nSPS) is 18.2. The van der Waals surface area contributed by atoms with Crippen LogP contribution >= 0.6 is 0 Å². The number of hydrogen-bond acceptors (Lipinski definition) is 10. The molecule has 13 nitrogen and oxygen atoms in total. The highest BCUT2D eigenvalue weighted by Crippen LogP contribution is 2.41. The van der Waals surface area contributed by atoms with E-state index in [0.717, 1.165) is 16.5 Å². The van der Waals surface area contributed by atoms with Crippen LogP contribution in [0.15, 0.2) is 41.2 Å². The number of carboxylic acid groups (broad SMARTS) is 1. The molecule has 0 aliphatic carbocycles. The molecule has 226 valence electrons. The van der Waals surface area contributed by atoms with Crippen LogP contribution in [0.3, 0.4) is 0 Å². The zero-order chi connectivity index (χ0) is 30.9. The summed E-state index contributed by atoms with van der Waals surface area (Å²) in [5.41, 5.74) is 11.9. The summed E-state index contributed by atoms with van der Waals surface area (Å²) in [5, 5.41) is 12.6. The van der Waals surface area contributed by atoms with Crippen molar-refractivity contribution in [3.63, 3.8) is 0 Å². The lowest BCUT2D eigenvalue weighted by Crippen LogP contribution is -2.53. The number of pyridine rings is 2. The van der Waals surface area contributed by atoms with Gasteiger partial charge in [-0.3, -0.25) is 14.4 Å². The molecule has 0 radical (unpaired) electrons. The van der Waals surface area contributed by atoms with Crippen LogP contribution in [0, 0.1) is 0 Å². The third-order valence-electron chi connectivity index (χ3n) is 7.96. The minimum absolute atomic E-state index is 0.0961. The standard InChI is InChI=1S/C30H33N5O8/c1-2-30(43-28(40)22(9-10-24(36)37)34-26(38)20(32)7-5-11-31)19-13-23-25-17(12-16-6-3-4-8-21(16)33-25)14-35(23)27(39)18(19)15-42-29(30)41/h3-4,6,8,12-13,20,22H,2,5,7,9-11,14-15,31-32H2,1H3,(H,34,38)(H,36,37)/t20-,22-,30-/m0/s1. The number of benzene rings is 1. The van der Waals surface area contributed by atoms with E-state index in [0.29, 0.717) is 24.4 Å². The molecule has 3 aromatic rings. The molecule has 3 atom stereocenters. The highest BCUT2D eigenvalue weighted by atomic mass is 16.6. The number of esters is 2. The van der Waals surface area contributed by atoms with E-state index >= 15 is 0 Å². The van der Waals surface area contributed by atoms with Crippen molar-refractivity contribution in [2.24, 2.45) is 11.5 Å². The van der Waals surface area contributed by atoms with Crippen LogP contribution in [0.4, 0.5) is 0 Å². The Labute approximate surface area is 246 Å². The van der Waals surface area contributed by atoms with Gasteiger partial charge < -0.3 is 35.9 Å². The third kappa shape index (κ3) is 5.48. The van der Waals surface area contributed by atoms with Gasteiger partial charge in [0.1, 0.15) is 12.6 Å². The fraction of sp³-hybridized carbons (Fsp3) is 0.400. The number of para-hydroxylation sites is 1. The maximum atomic E-state index is 13.7. The van der Waals surface area contributed by atoms with Crippen molar-refractivity contribution in [3.8, 4) is 11.4 Å². The van der Waals surface area contributed by atoms with Gasteiger partial charge in [-0.1, -0.05) is 25.1 Å². The molecule has 0 bridgehead atoms. The van der Waals surface area contributed by atoms with Crippen LogP contribution in [0.5, 0.6) is 0 Å². The number of nitrogens with two attached hydrogens (primary N) is 2. The van der Waals surface area contributed by atoms with Crippen molar-refractivity contribution in [3.05, 3.63) is 63.4 Å². The third-order valence-corrected chi connectivity index (χ3v) is 7.96. The number of carbonyl (C=O) groups is 4. The van der Waals surface area contributed by atoms with E-state index in [1.165, 1.54) is 0 Å². The summed E-state index contributed by atoms with van der Waals surface area (Å²) in [6.07, 6.45) is -0.164. The number of aromatic nitrogens is 2. The largest absolute Gasteiger partial charge is 0.481 e. The Morgan fingerprint density at radius 3 is 2.70 bits per heavy atom. The SMILES string of the molecule is CC[C@@]1(OC(=O)[C@H](CCC(=O)O)NC(=O)[C@@H](N)CCCN)C(=O)OCc2c1cc1n(c2=O)Cc2cc3ccccc3nc2-1. The molecule has 0 saturated heterocycles. The first-order chi connectivity index (χ1) is 20.6. The molecule has 5 rings (SSSR count). The fourth-order valence-electron chi connectivity index (χ4n) is 5.59. The van der Waals surface area contributed by atoms with E-state index in [-0.39, 0.29) is 43.5 Å². The van der Waals surface area contributed by atoms with Crippen LogP contribution in [-0.2, 0) is 47.4 Å². The van der Waals surface area contributed by atoms with Gasteiger partial charge in [0, 0.05) is 22.9 Å². The van der Waals surface area contributed by atoms with Crippen LogP contribution in [0.25, 0.3) is 22.3 Å². The molecule has 4 heterocycles. The van der Waals surface area contributed by atoms with Crippen molar-refractivity contribution in [2.45, 2.75) is 69.9 Å². The second kappa shape index (κ2) is 11.9. The van der Waals surface area contributed by atoms with E-state index in [2.05, 4.69) is 5.32 Å². The van der Waals surface area contributed by atoms with Crippen molar-refractivity contribution in [1.82, 2.24) is 14.9 Å². The molecule has 43 heavy (non-hydrogen) atoms. The summed E-state index contributed by atoms with van der Waals surface area (Å²) in [5.74, 6) is -3.83. The minimum Gasteiger partial charge on any atom is -0.481 e. The van der Waals surface area contributed by atoms with Gasteiger partial charge in [0.25, 0.3) is 5.56 Å². The summed E-state index contributed by atoms with van der Waals surface area (Å²) < 4.78 is 12.8. The molecule has 13 heteroatoms. The van der Waals surface area contributed by atoms with Crippen LogP contribution in [0.2, 0.25) is 0 Å². The Morgan fingerprint density at radius 2 is 1.98 bits per heavy atom. The first-order valence-electron chi connectivity index (χ1n) is 14.1. The van der Waals surface area contributed by atoms with E-state index in [1.807, 2.05) is 30.3 Å². The van der Waals surface area contributed by atoms with Gasteiger partial charge in [-0.2, -0.15) is 0 Å². The Balaban J connectivity index is 1.53. The number of aliphatic carboxylic acids is 1. The zero-order valence-corrected chi connectivity index (χ0v) is 23.6. The van der Waals surface area contributed by atoms with Crippen LogP contribution in [-0.4, -0.2) is 57.1 Å². The Kier molecular flexibility index (Phi) is 8.29. The Hall–Kier alpha value is -4.62. The van der Waals surface area contributed by atoms with Crippen molar-refractivity contribution >= 4 is 34.7 Å².